The van der Waals surface area contributed by atoms with Crippen molar-refractivity contribution >= 4 is 0 Å². The van der Waals surface area contributed by atoms with Crippen LogP contribution in [0.1, 0.15) is 30.5 Å². The monoisotopic (exact) mass is 283 g/mol. The van der Waals surface area contributed by atoms with Crippen molar-refractivity contribution in [2.24, 2.45) is 5.92 Å². The maximum atomic E-state index is 14.2. The van der Waals surface area contributed by atoms with Gasteiger partial charge in [0.25, 0.3) is 0 Å². The molecule has 0 spiro atoms. The molecule has 1 saturated heterocycles. The Hall–Kier alpha value is -1.67. The average molecular weight is 283 g/mol. The van der Waals surface area contributed by atoms with Crippen molar-refractivity contribution in [3.8, 4) is 0 Å². The predicted octanol–water partition coefficient (Wildman–Crippen LogP) is 4.61. The number of nitrogens with zero attached hydrogens (tertiary/aromatic N) is 1. The molecule has 0 unspecified atom stereocenters. The van der Waals surface area contributed by atoms with Gasteiger partial charge in [0.1, 0.15) is 6.17 Å². The maximum Gasteiger partial charge on any atom is 0.106 e. The van der Waals surface area contributed by atoms with Gasteiger partial charge >= 0.3 is 0 Å². The summed E-state index contributed by atoms with van der Waals surface area (Å²) < 4.78 is 14.2. The van der Waals surface area contributed by atoms with Gasteiger partial charge in [-0.1, -0.05) is 67.6 Å². The largest absolute Gasteiger partial charge is 0.292 e. The third-order valence-corrected chi connectivity index (χ3v) is 4.44. The first-order chi connectivity index (χ1) is 10.2. The lowest BCUT2D eigenvalue weighted by Gasteiger charge is -2.40. The molecule has 0 aromatic heterocycles. The maximum absolute atomic E-state index is 14.2. The minimum atomic E-state index is -0.706. The third-order valence-electron chi connectivity index (χ3n) is 4.44. The van der Waals surface area contributed by atoms with E-state index in [1.807, 2.05) is 31.2 Å². The molecule has 0 amide bonds. The Morgan fingerprint density at radius 1 is 1.00 bits per heavy atom. The molecule has 3 atom stereocenters. The zero-order chi connectivity index (χ0) is 14.7. The van der Waals surface area contributed by atoms with Gasteiger partial charge in [-0.2, -0.15) is 0 Å². The van der Waals surface area contributed by atoms with E-state index in [1.165, 1.54) is 11.1 Å². The van der Waals surface area contributed by atoms with E-state index in [2.05, 4.69) is 41.3 Å². The SMILES string of the molecule is C[C@@H]1CN(Cc2ccccc2)[C@@H](c2ccccc2)C[C@@H]1F. The summed E-state index contributed by atoms with van der Waals surface area (Å²) in [6.45, 7) is 3.72. The summed E-state index contributed by atoms with van der Waals surface area (Å²) in [6, 6.07) is 21.0. The first-order valence-corrected chi connectivity index (χ1v) is 7.71. The van der Waals surface area contributed by atoms with Crippen LogP contribution in [0.3, 0.4) is 0 Å². The second-order valence-electron chi connectivity index (χ2n) is 6.07. The van der Waals surface area contributed by atoms with E-state index in [9.17, 15) is 4.39 Å². The van der Waals surface area contributed by atoms with Gasteiger partial charge in [-0.05, 0) is 17.5 Å². The molecule has 0 N–H and O–H groups in total. The summed E-state index contributed by atoms with van der Waals surface area (Å²) in [7, 11) is 0. The van der Waals surface area contributed by atoms with Gasteiger partial charge in [0.05, 0.1) is 0 Å². The van der Waals surface area contributed by atoms with Crippen molar-refractivity contribution in [3.05, 3.63) is 71.8 Å². The Labute approximate surface area is 126 Å². The number of halogens is 1. The lowest BCUT2D eigenvalue weighted by Crippen LogP contribution is -2.42. The normalized spacial score (nSPS) is 26.7. The third kappa shape index (κ3) is 3.33. The van der Waals surface area contributed by atoms with Gasteiger partial charge in [0.15, 0.2) is 0 Å². The second kappa shape index (κ2) is 6.40. The molecule has 1 aliphatic heterocycles. The van der Waals surface area contributed by atoms with Crippen LogP contribution in [0.5, 0.6) is 0 Å². The average Bonchev–Trinajstić information content (AvgIpc) is 2.52. The fourth-order valence-corrected chi connectivity index (χ4v) is 3.22. The zero-order valence-electron chi connectivity index (χ0n) is 12.5. The lowest BCUT2D eigenvalue weighted by molar-refractivity contribution is 0.0415. The van der Waals surface area contributed by atoms with Crippen molar-refractivity contribution in [1.82, 2.24) is 4.90 Å². The number of hydrogen-bond donors (Lipinski definition) is 0. The van der Waals surface area contributed by atoms with Crippen LogP contribution in [-0.2, 0) is 6.54 Å². The van der Waals surface area contributed by atoms with Crippen LogP contribution in [0, 0.1) is 5.92 Å². The fourth-order valence-electron chi connectivity index (χ4n) is 3.22. The molecule has 21 heavy (non-hydrogen) atoms. The number of likely N-dealkylation sites (tertiary alicyclic amines) is 1. The lowest BCUT2D eigenvalue weighted by atomic mass is 9.88. The number of hydrogen-bond acceptors (Lipinski definition) is 1. The Bertz CT molecular complexity index is 554. The van der Waals surface area contributed by atoms with E-state index in [-0.39, 0.29) is 12.0 Å². The molecule has 1 nitrogen and oxygen atoms in total. The molecule has 1 heterocycles. The first kappa shape index (κ1) is 14.3. The van der Waals surface area contributed by atoms with E-state index in [0.717, 1.165) is 13.1 Å². The summed E-state index contributed by atoms with van der Waals surface area (Å²) in [5.41, 5.74) is 2.52. The van der Waals surface area contributed by atoms with Gasteiger partial charge in [-0.25, -0.2) is 4.39 Å². The van der Waals surface area contributed by atoms with Gasteiger partial charge in [-0.15, -0.1) is 0 Å². The van der Waals surface area contributed by atoms with Crippen LogP contribution in [-0.4, -0.2) is 17.6 Å². The number of alkyl halides is 1. The highest BCUT2D eigenvalue weighted by Gasteiger charge is 2.33. The summed E-state index contributed by atoms with van der Waals surface area (Å²) in [6.07, 6.45) is -0.111. The minimum absolute atomic E-state index is 0.105. The minimum Gasteiger partial charge on any atom is -0.292 e. The molecule has 0 aliphatic carbocycles. The first-order valence-electron chi connectivity index (χ1n) is 7.71. The van der Waals surface area contributed by atoms with Crippen molar-refractivity contribution < 1.29 is 4.39 Å². The molecule has 0 saturated carbocycles. The Balaban J connectivity index is 1.83. The van der Waals surface area contributed by atoms with Gasteiger partial charge in [-0.3, -0.25) is 4.90 Å². The van der Waals surface area contributed by atoms with Crippen molar-refractivity contribution in [3.63, 3.8) is 0 Å². The molecule has 2 aromatic rings. The molecule has 3 rings (SSSR count). The van der Waals surface area contributed by atoms with E-state index in [0.29, 0.717) is 6.42 Å². The zero-order valence-corrected chi connectivity index (χ0v) is 12.5. The molecule has 2 heteroatoms. The number of piperidine rings is 1. The molecular formula is C19H22FN. The summed E-state index contributed by atoms with van der Waals surface area (Å²) in [4.78, 5) is 2.42. The molecule has 110 valence electrons. The summed E-state index contributed by atoms with van der Waals surface area (Å²) in [5.74, 6) is 0.105. The van der Waals surface area contributed by atoms with Gasteiger partial charge in [0.2, 0.25) is 0 Å². The summed E-state index contributed by atoms with van der Waals surface area (Å²) in [5, 5.41) is 0. The van der Waals surface area contributed by atoms with E-state index < -0.39 is 6.17 Å². The van der Waals surface area contributed by atoms with E-state index in [4.69, 9.17) is 0 Å². The highest BCUT2D eigenvalue weighted by atomic mass is 19.1. The van der Waals surface area contributed by atoms with Gasteiger partial charge in [0, 0.05) is 25.0 Å². The van der Waals surface area contributed by atoms with Crippen LogP contribution in [0.4, 0.5) is 4.39 Å². The molecule has 1 aliphatic rings. The summed E-state index contributed by atoms with van der Waals surface area (Å²) >= 11 is 0. The van der Waals surface area contributed by atoms with Crippen LogP contribution >= 0.6 is 0 Å². The predicted molar refractivity (Wildman–Crippen MR) is 84.7 cm³/mol. The standard InChI is InChI=1S/C19H22FN/c1-15-13-21(14-16-8-4-2-5-9-16)19(12-18(15)20)17-10-6-3-7-11-17/h2-11,15,18-19H,12-14H2,1H3/t15-,18+,19-/m1/s1. The van der Waals surface area contributed by atoms with Crippen LogP contribution in [0.15, 0.2) is 60.7 Å². The smallest absolute Gasteiger partial charge is 0.106 e. The molecule has 0 bridgehead atoms. The fraction of sp³-hybridized carbons (Fsp3) is 0.368. The molecule has 2 aromatic carbocycles. The van der Waals surface area contributed by atoms with Crippen LogP contribution in [0.2, 0.25) is 0 Å². The van der Waals surface area contributed by atoms with Gasteiger partial charge < -0.3 is 0 Å². The number of benzene rings is 2. The highest BCUT2D eigenvalue weighted by Crippen LogP contribution is 2.35. The van der Waals surface area contributed by atoms with E-state index in [1.54, 1.807) is 0 Å². The highest BCUT2D eigenvalue weighted by molar-refractivity contribution is 5.21. The molecule has 1 fully saturated rings. The topological polar surface area (TPSA) is 3.24 Å². The quantitative estimate of drug-likeness (QED) is 0.795. The van der Waals surface area contributed by atoms with Crippen LogP contribution < -0.4 is 0 Å². The van der Waals surface area contributed by atoms with Crippen molar-refractivity contribution in [2.45, 2.75) is 32.1 Å². The molecular weight excluding hydrogens is 261 g/mol. The Morgan fingerprint density at radius 2 is 1.62 bits per heavy atom. The Kier molecular flexibility index (Phi) is 4.35. The van der Waals surface area contributed by atoms with Crippen LogP contribution in [0.25, 0.3) is 0 Å². The Morgan fingerprint density at radius 3 is 2.29 bits per heavy atom. The van der Waals surface area contributed by atoms with Crippen molar-refractivity contribution in [2.75, 3.05) is 6.54 Å². The second-order valence-corrected chi connectivity index (χ2v) is 6.07. The molecule has 0 radical (unpaired) electrons. The van der Waals surface area contributed by atoms with Crippen molar-refractivity contribution in [1.29, 1.82) is 0 Å². The van der Waals surface area contributed by atoms with E-state index >= 15 is 0 Å². The number of rotatable bonds is 3.